The van der Waals surface area contributed by atoms with Crippen molar-refractivity contribution in [1.29, 1.82) is 0 Å². The minimum absolute atomic E-state index is 0.250. The van der Waals surface area contributed by atoms with Crippen molar-refractivity contribution in [2.45, 2.75) is 20.3 Å². The van der Waals surface area contributed by atoms with Crippen LogP contribution in [0, 0.1) is 13.1 Å². The topological polar surface area (TPSA) is 68.6 Å². The minimum Gasteiger partial charge on any atom is -0.397 e. The molecular formula is C23H29N4O+. The van der Waals surface area contributed by atoms with E-state index in [-0.39, 0.29) is 6.61 Å². The second-order valence-corrected chi connectivity index (χ2v) is 6.69. The monoisotopic (exact) mass is 377 g/mol. The molecule has 0 saturated carbocycles. The van der Waals surface area contributed by atoms with Gasteiger partial charge in [0.25, 0.3) is 0 Å². The molecular weight excluding hydrogens is 348 g/mol. The summed E-state index contributed by atoms with van der Waals surface area (Å²) in [6.07, 6.45) is 11.6. The molecule has 0 fully saturated rings. The highest BCUT2D eigenvalue weighted by Crippen LogP contribution is 2.25. The molecule has 0 atom stereocenters. The van der Waals surface area contributed by atoms with Crippen molar-refractivity contribution in [3.8, 4) is 0 Å². The lowest BCUT2D eigenvalue weighted by Crippen LogP contribution is -2.24. The second kappa shape index (κ2) is 8.87. The predicted molar refractivity (Wildman–Crippen MR) is 117 cm³/mol. The highest BCUT2D eigenvalue weighted by molar-refractivity contribution is 5.75. The molecule has 0 amide bonds. The van der Waals surface area contributed by atoms with Crippen molar-refractivity contribution in [2.24, 2.45) is 5.73 Å². The van der Waals surface area contributed by atoms with E-state index in [9.17, 15) is 0 Å². The molecule has 4 N–H and O–H groups in total. The number of allylic oxidation sites excluding steroid dienone is 1. The molecule has 1 aliphatic heterocycles. The van der Waals surface area contributed by atoms with Gasteiger partial charge in [0, 0.05) is 31.5 Å². The molecule has 3 heterocycles. The molecule has 1 aliphatic rings. The zero-order valence-electron chi connectivity index (χ0n) is 16.8. The molecule has 0 radical (unpaired) electrons. The summed E-state index contributed by atoms with van der Waals surface area (Å²) in [5.74, 6) is 0. The largest absolute Gasteiger partial charge is 0.397 e. The van der Waals surface area contributed by atoms with E-state index in [1.807, 2.05) is 7.05 Å². The van der Waals surface area contributed by atoms with E-state index in [0.717, 1.165) is 12.1 Å². The van der Waals surface area contributed by atoms with Gasteiger partial charge in [-0.2, -0.15) is 0 Å². The summed E-state index contributed by atoms with van der Waals surface area (Å²) in [5.41, 5.74) is 14.5. The third-order valence-electron chi connectivity index (χ3n) is 4.77. The first-order valence-corrected chi connectivity index (χ1v) is 9.68. The number of fused-ring (bicyclic) bond motifs is 3. The molecule has 146 valence electrons. The summed E-state index contributed by atoms with van der Waals surface area (Å²) in [6.45, 7) is 4.77. The van der Waals surface area contributed by atoms with Gasteiger partial charge in [0.2, 0.25) is 11.9 Å². The van der Waals surface area contributed by atoms with Crippen LogP contribution in [0.2, 0.25) is 0 Å². The molecule has 0 aliphatic carbocycles. The van der Waals surface area contributed by atoms with E-state index < -0.39 is 0 Å². The summed E-state index contributed by atoms with van der Waals surface area (Å²) in [7, 11) is 1.93. The Morgan fingerprint density at radius 1 is 1.21 bits per heavy atom. The quantitative estimate of drug-likeness (QED) is 0.599. The number of nitrogens with one attached hydrogen (secondary N) is 1. The third-order valence-corrected chi connectivity index (χ3v) is 4.77. The van der Waals surface area contributed by atoms with Crippen LogP contribution < -0.4 is 15.4 Å². The lowest BCUT2D eigenvalue weighted by Gasteiger charge is -1.99. The number of hydrogen-bond acceptors (Lipinski definition) is 3. The zero-order chi connectivity index (χ0) is 20.1. The van der Waals surface area contributed by atoms with Gasteiger partial charge in [-0.25, -0.2) is 0 Å². The number of rotatable bonds is 5. The van der Waals surface area contributed by atoms with Gasteiger partial charge in [-0.15, -0.1) is 4.52 Å². The number of aliphatic hydroxyl groups is 1. The molecule has 2 aromatic heterocycles. The average molecular weight is 378 g/mol. The summed E-state index contributed by atoms with van der Waals surface area (Å²) in [5, 5.41) is 10.7. The summed E-state index contributed by atoms with van der Waals surface area (Å²) >= 11 is 0. The van der Waals surface area contributed by atoms with Crippen molar-refractivity contribution < 1.29 is 9.46 Å². The summed E-state index contributed by atoms with van der Waals surface area (Å²) in [4.78, 5) is 0. The molecule has 0 unspecified atom stereocenters. The van der Waals surface area contributed by atoms with Crippen molar-refractivity contribution >= 4 is 29.4 Å². The van der Waals surface area contributed by atoms with Crippen molar-refractivity contribution in [3.63, 3.8) is 0 Å². The van der Waals surface area contributed by atoms with Crippen LogP contribution in [0.4, 0.5) is 5.69 Å². The number of benzene rings is 1. The lowest BCUT2D eigenvalue weighted by atomic mass is 10.1. The van der Waals surface area contributed by atoms with Gasteiger partial charge in [-0.1, -0.05) is 22.6 Å². The second-order valence-electron chi connectivity index (χ2n) is 6.69. The van der Waals surface area contributed by atoms with Crippen LogP contribution in [-0.2, 0) is 6.42 Å². The number of anilines is 1. The first-order valence-electron chi connectivity index (χ1n) is 9.68. The number of aliphatic hydroxyl groups excluding tert-OH is 1. The van der Waals surface area contributed by atoms with Crippen molar-refractivity contribution in [3.05, 3.63) is 70.7 Å². The van der Waals surface area contributed by atoms with E-state index in [1.165, 1.54) is 33.6 Å². The van der Waals surface area contributed by atoms with Gasteiger partial charge in [-0.05, 0) is 62.2 Å². The normalized spacial score (nSPS) is 12.2. The Bertz CT molecular complexity index is 1060. The number of nitrogens with two attached hydrogens (primary N) is 1. The molecule has 5 heteroatoms. The highest BCUT2D eigenvalue weighted by atomic mass is 16.2. The highest BCUT2D eigenvalue weighted by Gasteiger charge is 2.25. The molecule has 0 bridgehead atoms. The fourth-order valence-corrected chi connectivity index (χ4v) is 3.60. The predicted octanol–water partition coefficient (Wildman–Crippen LogP) is 3.00. The van der Waals surface area contributed by atoms with Gasteiger partial charge < -0.3 is 16.2 Å². The molecule has 1 aromatic carbocycles. The molecule has 0 saturated heterocycles. The number of aryl methyl sites for hydroxylation is 1. The first kappa shape index (κ1) is 19.9. The van der Waals surface area contributed by atoms with E-state index in [0.29, 0.717) is 6.54 Å². The maximum Gasteiger partial charge on any atom is 0.242 e. The van der Waals surface area contributed by atoms with Crippen LogP contribution >= 0.6 is 0 Å². The van der Waals surface area contributed by atoms with Crippen molar-refractivity contribution in [1.82, 2.24) is 4.52 Å². The van der Waals surface area contributed by atoms with Gasteiger partial charge in [0.15, 0.2) is 0 Å². The molecule has 28 heavy (non-hydrogen) atoms. The Kier molecular flexibility index (Phi) is 6.29. The van der Waals surface area contributed by atoms with E-state index in [2.05, 4.69) is 82.0 Å². The van der Waals surface area contributed by atoms with Crippen molar-refractivity contribution in [2.75, 3.05) is 25.5 Å². The zero-order valence-corrected chi connectivity index (χ0v) is 16.8. The number of nitrogens with zero attached hydrogens (tertiary/aromatic N) is 2. The van der Waals surface area contributed by atoms with Gasteiger partial charge >= 0.3 is 0 Å². The van der Waals surface area contributed by atoms with Crippen LogP contribution in [0.1, 0.15) is 35.0 Å². The Morgan fingerprint density at radius 2 is 1.93 bits per heavy atom. The fraction of sp³-hybridized carbons (Fsp3) is 0.261. The van der Waals surface area contributed by atoms with Gasteiger partial charge in [0.05, 0.1) is 5.56 Å². The molecule has 3 aromatic rings. The van der Waals surface area contributed by atoms with E-state index in [4.69, 9.17) is 10.8 Å². The first-order chi connectivity index (χ1) is 13.6. The van der Waals surface area contributed by atoms with Crippen LogP contribution in [-0.4, -0.2) is 29.8 Å². The Hall–Kier alpha value is -2.89. The Labute approximate surface area is 166 Å². The van der Waals surface area contributed by atoms with Gasteiger partial charge in [-0.3, -0.25) is 0 Å². The summed E-state index contributed by atoms with van der Waals surface area (Å²) in [6, 6.07) is 10.7. The summed E-state index contributed by atoms with van der Waals surface area (Å²) < 4.78 is 4.51. The van der Waals surface area contributed by atoms with Gasteiger partial charge in [0.1, 0.15) is 11.2 Å². The SMILES string of the molecule is CCO.CNc1ccc(/C=C/c2cc(C)c3c(CCN)c4[n+](n23)=CC=C4)cc1. The van der Waals surface area contributed by atoms with Crippen LogP contribution in [0.3, 0.4) is 0 Å². The lowest BCUT2D eigenvalue weighted by molar-refractivity contribution is -0.583. The molecule has 0 spiro atoms. The van der Waals surface area contributed by atoms with Crippen LogP contribution in [0.25, 0.3) is 23.7 Å². The maximum atomic E-state index is 7.57. The minimum atomic E-state index is 0.250. The standard InChI is InChI=1S/C21H22N4.C2H6O/c1-15-14-18(10-7-16-5-8-17(23-2)9-6-16)25-21(15)19(11-12-22)20-4-3-13-24(20)25;1-2-3/h3-10,13-14H,11-12,22H2,1-2H3;3H,2H2,1H3/p+1. The fourth-order valence-electron chi connectivity index (χ4n) is 3.60. The van der Waals surface area contributed by atoms with E-state index in [1.54, 1.807) is 6.92 Å². The van der Waals surface area contributed by atoms with Crippen LogP contribution in [0.15, 0.2) is 36.4 Å². The smallest absolute Gasteiger partial charge is 0.242 e. The number of hydrogen-bond donors (Lipinski definition) is 3. The maximum absolute atomic E-state index is 7.57. The number of aromatic nitrogens is 2. The molecule has 4 rings (SSSR count). The Morgan fingerprint density at radius 3 is 2.57 bits per heavy atom. The average Bonchev–Trinajstić information content (AvgIpc) is 3.36. The Balaban J connectivity index is 0.000000706. The molecule has 5 nitrogen and oxygen atoms in total. The van der Waals surface area contributed by atoms with Crippen LogP contribution in [0.5, 0.6) is 0 Å². The van der Waals surface area contributed by atoms with E-state index >= 15 is 0 Å². The third kappa shape index (κ3) is 3.72.